The van der Waals surface area contributed by atoms with Gasteiger partial charge in [-0.1, -0.05) is 13.8 Å². The number of carbonyl (C=O) groups is 2. The van der Waals surface area contributed by atoms with Gasteiger partial charge in [0.25, 0.3) is 0 Å². The second kappa shape index (κ2) is 6.70. The number of morpholine rings is 1. The summed E-state index contributed by atoms with van der Waals surface area (Å²) in [7, 11) is 0. The SMILES string of the molecule is CC(C)C[C@H](N)C(=O)N1CCOC(CC(=O)O)C1. The molecule has 0 aliphatic carbocycles. The third kappa shape index (κ3) is 4.62. The molecular weight excluding hydrogens is 236 g/mol. The Bertz CT molecular complexity index is 306. The normalized spacial score (nSPS) is 22.0. The van der Waals surface area contributed by atoms with E-state index < -0.39 is 18.1 Å². The summed E-state index contributed by atoms with van der Waals surface area (Å²) in [6.45, 7) is 5.20. The quantitative estimate of drug-likeness (QED) is 0.727. The zero-order valence-electron chi connectivity index (χ0n) is 11.0. The van der Waals surface area contributed by atoms with Gasteiger partial charge < -0.3 is 20.5 Å². The van der Waals surface area contributed by atoms with E-state index in [-0.39, 0.29) is 12.3 Å². The number of rotatable bonds is 5. The van der Waals surface area contributed by atoms with E-state index in [0.29, 0.717) is 32.0 Å². The van der Waals surface area contributed by atoms with Crippen LogP contribution in [0.3, 0.4) is 0 Å². The van der Waals surface area contributed by atoms with Gasteiger partial charge >= 0.3 is 5.97 Å². The van der Waals surface area contributed by atoms with E-state index in [1.54, 1.807) is 4.90 Å². The molecule has 1 aliphatic rings. The minimum atomic E-state index is -0.916. The summed E-state index contributed by atoms with van der Waals surface area (Å²) >= 11 is 0. The molecule has 0 bridgehead atoms. The highest BCUT2D eigenvalue weighted by Crippen LogP contribution is 2.12. The summed E-state index contributed by atoms with van der Waals surface area (Å²) in [6, 6.07) is -0.506. The number of ether oxygens (including phenoxy) is 1. The number of carboxylic acids is 1. The van der Waals surface area contributed by atoms with Gasteiger partial charge in [0.05, 0.1) is 25.2 Å². The van der Waals surface area contributed by atoms with Crippen molar-refractivity contribution in [2.75, 3.05) is 19.7 Å². The van der Waals surface area contributed by atoms with E-state index >= 15 is 0 Å². The first-order chi connectivity index (χ1) is 8.40. The number of hydrogen-bond acceptors (Lipinski definition) is 4. The van der Waals surface area contributed by atoms with E-state index in [4.69, 9.17) is 15.6 Å². The van der Waals surface area contributed by atoms with E-state index in [0.717, 1.165) is 0 Å². The van der Waals surface area contributed by atoms with Crippen LogP contribution in [0.5, 0.6) is 0 Å². The van der Waals surface area contributed by atoms with Gasteiger partial charge in [0.15, 0.2) is 0 Å². The largest absolute Gasteiger partial charge is 0.481 e. The molecule has 1 fully saturated rings. The van der Waals surface area contributed by atoms with E-state index in [2.05, 4.69) is 0 Å². The van der Waals surface area contributed by atoms with Crippen molar-refractivity contribution in [1.29, 1.82) is 0 Å². The van der Waals surface area contributed by atoms with Crippen LogP contribution in [0.2, 0.25) is 0 Å². The third-order valence-electron chi connectivity index (χ3n) is 2.90. The molecule has 0 radical (unpaired) electrons. The number of amides is 1. The highest BCUT2D eigenvalue weighted by molar-refractivity contribution is 5.81. The van der Waals surface area contributed by atoms with Crippen molar-refractivity contribution in [2.45, 2.75) is 38.8 Å². The van der Waals surface area contributed by atoms with Gasteiger partial charge in [-0.2, -0.15) is 0 Å². The zero-order valence-corrected chi connectivity index (χ0v) is 11.0. The van der Waals surface area contributed by atoms with Gasteiger partial charge in [-0.05, 0) is 12.3 Å². The zero-order chi connectivity index (χ0) is 13.7. The molecule has 0 aromatic rings. The van der Waals surface area contributed by atoms with Gasteiger partial charge in [0.1, 0.15) is 0 Å². The van der Waals surface area contributed by atoms with Crippen LogP contribution in [0.15, 0.2) is 0 Å². The number of carbonyl (C=O) groups excluding carboxylic acids is 1. The lowest BCUT2D eigenvalue weighted by atomic mass is 10.0. The Morgan fingerprint density at radius 1 is 1.50 bits per heavy atom. The first-order valence-electron chi connectivity index (χ1n) is 6.28. The van der Waals surface area contributed by atoms with Gasteiger partial charge in [0.2, 0.25) is 5.91 Å². The minimum absolute atomic E-state index is 0.0802. The maximum atomic E-state index is 12.1. The average Bonchev–Trinajstić information content (AvgIpc) is 2.26. The molecule has 1 aliphatic heterocycles. The van der Waals surface area contributed by atoms with E-state index in [9.17, 15) is 9.59 Å². The molecule has 0 saturated carbocycles. The molecule has 1 saturated heterocycles. The van der Waals surface area contributed by atoms with Crippen LogP contribution in [0.25, 0.3) is 0 Å². The van der Waals surface area contributed by atoms with Gasteiger partial charge in [-0.3, -0.25) is 9.59 Å². The standard InChI is InChI=1S/C12H22N2O4/c1-8(2)5-10(13)12(17)14-3-4-18-9(7-14)6-11(15)16/h8-10H,3-7,13H2,1-2H3,(H,15,16)/t9?,10-/m0/s1. The Morgan fingerprint density at radius 3 is 2.72 bits per heavy atom. The van der Waals surface area contributed by atoms with Crippen molar-refractivity contribution >= 4 is 11.9 Å². The molecule has 18 heavy (non-hydrogen) atoms. The number of aliphatic carboxylic acids is 1. The van der Waals surface area contributed by atoms with Crippen molar-refractivity contribution < 1.29 is 19.4 Å². The van der Waals surface area contributed by atoms with Crippen LogP contribution in [-0.4, -0.2) is 53.7 Å². The van der Waals surface area contributed by atoms with Crippen LogP contribution in [0, 0.1) is 5.92 Å². The molecule has 2 atom stereocenters. The predicted molar refractivity (Wildman–Crippen MR) is 66.0 cm³/mol. The molecule has 1 unspecified atom stereocenters. The van der Waals surface area contributed by atoms with Crippen molar-refractivity contribution in [1.82, 2.24) is 4.90 Å². The van der Waals surface area contributed by atoms with Gasteiger partial charge in [-0.15, -0.1) is 0 Å². The van der Waals surface area contributed by atoms with Crippen molar-refractivity contribution in [2.24, 2.45) is 11.7 Å². The molecule has 1 heterocycles. The fourth-order valence-corrected chi connectivity index (χ4v) is 2.08. The first kappa shape index (κ1) is 14.9. The predicted octanol–water partition coefficient (Wildman–Crippen LogP) is 0.0619. The summed E-state index contributed by atoms with van der Waals surface area (Å²) in [6.07, 6.45) is 0.134. The Balaban J connectivity index is 2.49. The molecular formula is C12H22N2O4. The van der Waals surface area contributed by atoms with Crippen molar-refractivity contribution in [3.8, 4) is 0 Å². The molecule has 1 amide bonds. The Hall–Kier alpha value is -1.14. The van der Waals surface area contributed by atoms with Crippen LogP contribution in [0.4, 0.5) is 0 Å². The molecule has 0 aromatic heterocycles. The number of carboxylic acid groups (broad SMARTS) is 1. The van der Waals surface area contributed by atoms with E-state index in [1.165, 1.54) is 0 Å². The fourth-order valence-electron chi connectivity index (χ4n) is 2.08. The van der Waals surface area contributed by atoms with Crippen molar-refractivity contribution in [3.05, 3.63) is 0 Å². The second-order valence-electron chi connectivity index (χ2n) is 5.11. The Labute approximate surface area is 107 Å². The monoisotopic (exact) mass is 258 g/mol. The van der Waals surface area contributed by atoms with Crippen LogP contribution >= 0.6 is 0 Å². The molecule has 6 nitrogen and oxygen atoms in total. The summed E-state index contributed by atoms with van der Waals surface area (Å²) in [5, 5.41) is 8.71. The Kier molecular flexibility index (Phi) is 5.55. The molecule has 1 rings (SSSR count). The highest BCUT2D eigenvalue weighted by Gasteiger charge is 2.28. The first-order valence-corrected chi connectivity index (χ1v) is 6.28. The van der Waals surface area contributed by atoms with Crippen LogP contribution in [-0.2, 0) is 14.3 Å². The number of nitrogens with zero attached hydrogens (tertiary/aromatic N) is 1. The lowest BCUT2D eigenvalue weighted by Gasteiger charge is -2.34. The maximum absolute atomic E-state index is 12.1. The van der Waals surface area contributed by atoms with Gasteiger partial charge in [0, 0.05) is 13.1 Å². The lowest BCUT2D eigenvalue weighted by Crippen LogP contribution is -2.52. The summed E-state index contributed by atoms with van der Waals surface area (Å²) in [5.41, 5.74) is 5.85. The fraction of sp³-hybridized carbons (Fsp3) is 0.833. The molecule has 6 heteroatoms. The van der Waals surface area contributed by atoms with E-state index in [1.807, 2.05) is 13.8 Å². The summed E-state index contributed by atoms with van der Waals surface area (Å²) in [5.74, 6) is -0.664. The average molecular weight is 258 g/mol. The molecule has 0 spiro atoms. The smallest absolute Gasteiger partial charge is 0.306 e. The summed E-state index contributed by atoms with van der Waals surface area (Å²) < 4.78 is 5.31. The van der Waals surface area contributed by atoms with Crippen LogP contribution in [0.1, 0.15) is 26.7 Å². The maximum Gasteiger partial charge on any atom is 0.306 e. The number of hydrogen-bond donors (Lipinski definition) is 2. The third-order valence-corrected chi connectivity index (χ3v) is 2.90. The van der Waals surface area contributed by atoms with Crippen molar-refractivity contribution in [3.63, 3.8) is 0 Å². The molecule has 104 valence electrons. The molecule has 0 aromatic carbocycles. The second-order valence-corrected chi connectivity index (χ2v) is 5.11. The minimum Gasteiger partial charge on any atom is -0.481 e. The lowest BCUT2D eigenvalue weighted by molar-refractivity contribution is -0.148. The highest BCUT2D eigenvalue weighted by atomic mass is 16.5. The Morgan fingerprint density at radius 2 is 2.17 bits per heavy atom. The molecule has 3 N–H and O–H groups in total. The number of nitrogens with two attached hydrogens (primary N) is 1. The summed E-state index contributed by atoms with van der Waals surface area (Å²) in [4.78, 5) is 24.3. The van der Waals surface area contributed by atoms with Gasteiger partial charge in [-0.25, -0.2) is 0 Å². The van der Waals surface area contributed by atoms with Crippen LogP contribution < -0.4 is 5.73 Å². The topological polar surface area (TPSA) is 92.9 Å².